The maximum absolute atomic E-state index is 13.6. The van der Waals surface area contributed by atoms with Crippen LogP contribution in [-0.4, -0.2) is 36.7 Å². The van der Waals surface area contributed by atoms with Gasteiger partial charge < -0.3 is 4.42 Å². The van der Waals surface area contributed by atoms with E-state index in [0.29, 0.717) is 16.5 Å². The van der Waals surface area contributed by atoms with Crippen LogP contribution < -0.4 is 4.90 Å². The summed E-state index contributed by atoms with van der Waals surface area (Å²) in [4.78, 5) is 20.0. The van der Waals surface area contributed by atoms with Gasteiger partial charge in [-0.05, 0) is 74.4 Å². The Morgan fingerprint density at radius 3 is 2.47 bits per heavy atom. The first kappa shape index (κ1) is 24.1. The zero-order valence-electron chi connectivity index (χ0n) is 19.6. The third-order valence-electron chi connectivity index (χ3n) is 5.73. The molecular weight excluding hydrogens is 470 g/mol. The maximum atomic E-state index is 13.6. The number of nitrogens with zero attached hydrogens (tertiary/aromatic N) is 3. The molecule has 4 rings (SSSR count). The first-order chi connectivity index (χ1) is 16.2. The monoisotopic (exact) mass is 497 g/mol. The number of thiazole rings is 1. The third kappa shape index (κ3) is 4.77. The highest BCUT2D eigenvalue weighted by atomic mass is 32.2. The minimum atomic E-state index is -3.63. The molecule has 0 aliphatic carbocycles. The van der Waals surface area contributed by atoms with Crippen LogP contribution >= 0.6 is 11.3 Å². The second-order valence-corrected chi connectivity index (χ2v) is 11.3. The van der Waals surface area contributed by atoms with Crippen molar-refractivity contribution in [3.8, 4) is 0 Å². The molecule has 0 atom stereocenters. The number of furan rings is 1. The third-order valence-corrected chi connectivity index (χ3v) is 8.81. The van der Waals surface area contributed by atoms with Crippen LogP contribution in [0, 0.1) is 0 Å². The number of carbonyl (C=O) groups excluding carboxylic acids is 1. The van der Waals surface area contributed by atoms with Gasteiger partial charge in [0.05, 0.1) is 27.9 Å². The molecule has 178 valence electrons. The number of sulfonamides is 1. The van der Waals surface area contributed by atoms with Gasteiger partial charge in [0.1, 0.15) is 5.76 Å². The lowest BCUT2D eigenvalue weighted by Crippen LogP contribution is -2.33. The van der Waals surface area contributed by atoms with E-state index >= 15 is 0 Å². The summed E-state index contributed by atoms with van der Waals surface area (Å²) in [6.07, 6.45) is 2.48. The standard InChI is InChI=1S/C25H27N3O4S2/c1-5-18-8-13-22-23(15-18)33-25(26-22)28(16-20-7-6-14-32-20)24(29)19-9-11-21(12-10-19)34(30,31)27(4)17(2)3/h6-15,17H,5,16H2,1-4H3. The summed E-state index contributed by atoms with van der Waals surface area (Å²) in [6, 6.07) is 15.5. The van der Waals surface area contributed by atoms with Gasteiger partial charge >= 0.3 is 0 Å². The van der Waals surface area contributed by atoms with E-state index in [0.717, 1.165) is 16.6 Å². The number of carbonyl (C=O) groups is 1. The number of aryl methyl sites for hydroxylation is 1. The predicted molar refractivity (Wildman–Crippen MR) is 135 cm³/mol. The molecule has 1 amide bonds. The zero-order chi connectivity index (χ0) is 24.5. The van der Waals surface area contributed by atoms with Crippen LogP contribution in [0.2, 0.25) is 0 Å². The number of anilines is 1. The Labute approximate surface area is 203 Å². The molecule has 0 N–H and O–H groups in total. The SMILES string of the molecule is CCc1ccc2nc(N(Cc3ccco3)C(=O)c3ccc(S(=O)(=O)N(C)C(C)C)cc3)sc2c1. The highest BCUT2D eigenvalue weighted by molar-refractivity contribution is 7.89. The molecule has 0 spiro atoms. The molecule has 34 heavy (non-hydrogen) atoms. The number of aromatic nitrogens is 1. The molecule has 0 saturated heterocycles. The summed E-state index contributed by atoms with van der Waals surface area (Å²) in [7, 11) is -2.09. The van der Waals surface area contributed by atoms with Crippen molar-refractivity contribution in [2.75, 3.05) is 11.9 Å². The van der Waals surface area contributed by atoms with E-state index in [1.807, 2.05) is 26.0 Å². The Bertz CT molecular complexity index is 1390. The lowest BCUT2D eigenvalue weighted by atomic mass is 10.2. The summed E-state index contributed by atoms with van der Waals surface area (Å²) in [5.74, 6) is 0.340. The number of rotatable bonds is 8. The second-order valence-electron chi connectivity index (χ2n) is 8.26. The topological polar surface area (TPSA) is 83.7 Å². The van der Waals surface area contributed by atoms with E-state index in [2.05, 4.69) is 13.0 Å². The molecule has 0 fully saturated rings. The van der Waals surface area contributed by atoms with Crippen molar-refractivity contribution in [1.29, 1.82) is 0 Å². The van der Waals surface area contributed by atoms with Crippen molar-refractivity contribution in [1.82, 2.24) is 9.29 Å². The Hall–Kier alpha value is -3.01. The highest BCUT2D eigenvalue weighted by Gasteiger charge is 2.26. The number of hydrogen-bond donors (Lipinski definition) is 0. The molecule has 0 aliphatic heterocycles. The van der Waals surface area contributed by atoms with Crippen LogP contribution in [0.1, 0.15) is 42.5 Å². The predicted octanol–water partition coefficient (Wildman–Crippen LogP) is 5.33. The molecule has 0 bridgehead atoms. The molecule has 0 saturated carbocycles. The minimum Gasteiger partial charge on any atom is -0.467 e. The molecular formula is C25H27N3O4S2. The molecule has 4 aromatic rings. The van der Waals surface area contributed by atoms with Crippen molar-refractivity contribution in [3.05, 3.63) is 77.7 Å². The number of fused-ring (bicyclic) bond motifs is 1. The summed E-state index contributed by atoms with van der Waals surface area (Å²) >= 11 is 1.44. The minimum absolute atomic E-state index is 0.143. The van der Waals surface area contributed by atoms with Crippen LogP contribution in [0.5, 0.6) is 0 Å². The van der Waals surface area contributed by atoms with Gasteiger partial charge in [0.25, 0.3) is 5.91 Å². The van der Waals surface area contributed by atoms with Gasteiger partial charge in [0, 0.05) is 18.7 Å². The summed E-state index contributed by atoms with van der Waals surface area (Å²) in [5.41, 5.74) is 2.40. The maximum Gasteiger partial charge on any atom is 0.260 e. The van der Waals surface area contributed by atoms with Crippen LogP contribution in [-0.2, 0) is 23.0 Å². The fraction of sp³-hybridized carbons (Fsp3) is 0.280. The normalized spacial score (nSPS) is 12.1. The lowest BCUT2D eigenvalue weighted by Gasteiger charge is -2.21. The van der Waals surface area contributed by atoms with E-state index in [4.69, 9.17) is 9.40 Å². The molecule has 2 aromatic heterocycles. The molecule has 0 aliphatic rings. The number of benzene rings is 2. The van der Waals surface area contributed by atoms with Crippen molar-refractivity contribution in [2.24, 2.45) is 0 Å². The van der Waals surface area contributed by atoms with Gasteiger partial charge in [-0.2, -0.15) is 4.31 Å². The van der Waals surface area contributed by atoms with Crippen LogP contribution in [0.3, 0.4) is 0 Å². The van der Waals surface area contributed by atoms with Crippen LogP contribution in [0.25, 0.3) is 10.2 Å². The van der Waals surface area contributed by atoms with E-state index in [1.54, 1.807) is 42.5 Å². The Morgan fingerprint density at radius 1 is 1.12 bits per heavy atom. The van der Waals surface area contributed by atoms with E-state index in [9.17, 15) is 13.2 Å². The molecule has 2 aromatic carbocycles. The number of amides is 1. The molecule has 0 radical (unpaired) electrons. The highest BCUT2D eigenvalue weighted by Crippen LogP contribution is 2.32. The van der Waals surface area contributed by atoms with Crippen molar-refractivity contribution < 1.29 is 17.6 Å². The fourth-order valence-corrected chi connectivity index (χ4v) is 5.84. The fourth-order valence-electron chi connectivity index (χ4n) is 3.45. The first-order valence-corrected chi connectivity index (χ1v) is 13.3. The van der Waals surface area contributed by atoms with Crippen molar-refractivity contribution in [2.45, 2.75) is 44.7 Å². The lowest BCUT2D eigenvalue weighted by molar-refractivity contribution is 0.0983. The van der Waals surface area contributed by atoms with Crippen molar-refractivity contribution in [3.63, 3.8) is 0 Å². The van der Waals surface area contributed by atoms with Gasteiger partial charge in [-0.25, -0.2) is 13.4 Å². The zero-order valence-corrected chi connectivity index (χ0v) is 21.2. The second kappa shape index (κ2) is 9.69. The Morgan fingerprint density at radius 2 is 1.85 bits per heavy atom. The van der Waals surface area contributed by atoms with Crippen LogP contribution in [0.4, 0.5) is 5.13 Å². The average Bonchev–Trinajstić information content (AvgIpc) is 3.50. The first-order valence-electron chi connectivity index (χ1n) is 11.0. The van der Waals surface area contributed by atoms with Crippen LogP contribution in [0.15, 0.2) is 70.2 Å². The largest absolute Gasteiger partial charge is 0.467 e. The molecule has 9 heteroatoms. The average molecular weight is 498 g/mol. The number of hydrogen-bond acceptors (Lipinski definition) is 6. The molecule has 0 unspecified atom stereocenters. The van der Waals surface area contributed by atoms with E-state index < -0.39 is 10.0 Å². The van der Waals surface area contributed by atoms with E-state index in [1.165, 1.54) is 33.3 Å². The van der Waals surface area contributed by atoms with Gasteiger partial charge in [-0.1, -0.05) is 24.3 Å². The Kier molecular flexibility index (Phi) is 6.88. The van der Waals surface area contributed by atoms with Gasteiger partial charge in [0.2, 0.25) is 10.0 Å². The summed E-state index contributed by atoms with van der Waals surface area (Å²) < 4.78 is 33.4. The molecule has 2 heterocycles. The summed E-state index contributed by atoms with van der Waals surface area (Å²) in [5, 5.41) is 0.556. The smallest absolute Gasteiger partial charge is 0.260 e. The summed E-state index contributed by atoms with van der Waals surface area (Å²) in [6.45, 7) is 5.92. The van der Waals surface area contributed by atoms with Gasteiger partial charge in [0.15, 0.2) is 5.13 Å². The van der Waals surface area contributed by atoms with Gasteiger partial charge in [-0.3, -0.25) is 9.69 Å². The van der Waals surface area contributed by atoms with Crippen molar-refractivity contribution >= 4 is 42.6 Å². The molecule has 7 nitrogen and oxygen atoms in total. The Balaban J connectivity index is 1.69. The quantitative estimate of drug-likeness (QED) is 0.329. The van der Waals surface area contributed by atoms with E-state index in [-0.39, 0.29) is 23.4 Å². The van der Waals surface area contributed by atoms with Gasteiger partial charge in [-0.15, -0.1) is 0 Å².